The average Bonchev–Trinajstić information content (AvgIpc) is 2.10. The van der Waals surface area contributed by atoms with Gasteiger partial charge in [-0.25, -0.2) is 0 Å². The Morgan fingerprint density at radius 1 is 1.47 bits per heavy atom. The molecule has 0 amide bonds. The second kappa shape index (κ2) is 4.45. The van der Waals surface area contributed by atoms with Crippen molar-refractivity contribution in [2.75, 3.05) is 0 Å². The van der Waals surface area contributed by atoms with Crippen LogP contribution in [-0.2, 0) is 11.2 Å². The van der Waals surface area contributed by atoms with Gasteiger partial charge in [0.25, 0.3) is 0 Å². The lowest BCUT2D eigenvalue weighted by molar-refractivity contribution is -0.133. The Kier molecular flexibility index (Phi) is 3.68. The number of benzene rings is 1. The number of Topliss-reactive ketones (excluding diaryl/α,β-unsaturated/α-hetero) is 1. The van der Waals surface area contributed by atoms with Gasteiger partial charge in [0.1, 0.15) is 5.60 Å². The van der Waals surface area contributed by atoms with Gasteiger partial charge in [-0.2, -0.15) is 0 Å². The molecule has 1 rings (SSSR count). The molecule has 0 unspecified atom stereocenters. The average molecular weight is 271 g/mol. The zero-order chi connectivity index (χ0) is 11.6. The summed E-state index contributed by atoms with van der Waals surface area (Å²) in [5.74, 6) is -0.168. The van der Waals surface area contributed by atoms with Gasteiger partial charge in [-0.3, -0.25) is 4.79 Å². The van der Waals surface area contributed by atoms with Crippen LogP contribution in [0.5, 0.6) is 0 Å². The van der Waals surface area contributed by atoms with E-state index in [9.17, 15) is 9.90 Å². The number of carbonyl (C=O) groups excluding carboxylic acids is 1. The minimum Gasteiger partial charge on any atom is -0.383 e. The van der Waals surface area contributed by atoms with Gasteiger partial charge in [-0.05, 0) is 38.0 Å². The lowest BCUT2D eigenvalue weighted by Gasteiger charge is -2.15. The standard InChI is InChI=1S/C12H15BrO2/c1-8-4-5-9(6-10(8)13)7-11(14)12(2,3)15/h4-6,15H,7H2,1-3H3. The van der Waals surface area contributed by atoms with Crippen molar-refractivity contribution in [3.8, 4) is 0 Å². The highest BCUT2D eigenvalue weighted by molar-refractivity contribution is 9.10. The first-order valence-corrected chi connectivity index (χ1v) is 5.60. The lowest BCUT2D eigenvalue weighted by atomic mass is 9.97. The SMILES string of the molecule is Cc1ccc(CC(=O)C(C)(C)O)cc1Br. The van der Waals surface area contributed by atoms with Crippen LogP contribution in [0.1, 0.15) is 25.0 Å². The Morgan fingerprint density at radius 2 is 2.07 bits per heavy atom. The summed E-state index contributed by atoms with van der Waals surface area (Å²) in [7, 11) is 0. The topological polar surface area (TPSA) is 37.3 Å². The fraction of sp³-hybridized carbons (Fsp3) is 0.417. The van der Waals surface area contributed by atoms with E-state index in [0.717, 1.165) is 15.6 Å². The van der Waals surface area contributed by atoms with Crippen LogP contribution in [0.2, 0.25) is 0 Å². The van der Waals surface area contributed by atoms with E-state index in [0.29, 0.717) is 0 Å². The van der Waals surface area contributed by atoms with E-state index < -0.39 is 5.60 Å². The highest BCUT2D eigenvalue weighted by Crippen LogP contribution is 2.19. The maximum absolute atomic E-state index is 11.6. The fourth-order valence-electron chi connectivity index (χ4n) is 1.15. The summed E-state index contributed by atoms with van der Waals surface area (Å²) in [4.78, 5) is 11.6. The van der Waals surface area contributed by atoms with E-state index in [1.54, 1.807) is 0 Å². The van der Waals surface area contributed by atoms with Crippen LogP contribution in [0.4, 0.5) is 0 Å². The molecule has 0 aromatic heterocycles. The Morgan fingerprint density at radius 3 is 2.53 bits per heavy atom. The van der Waals surface area contributed by atoms with Crippen molar-refractivity contribution in [2.24, 2.45) is 0 Å². The van der Waals surface area contributed by atoms with Crippen molar-refractivity contribution in [3.05, 3.63) is 33.8 Å². The van der Waals surface area contributed by atoms with Crippen molar-refractivity contribution in [1.82, 2.24) is 0 Å². The molecule has 1 aromatic carbocycles. The summed E-state index contributed by atoms with van der Waals surface area (Å²) in [5, 5.41) is 9.51. The smallest absolute Gasteiger partial charge is 0.168 e. The maximum atomic E-state index is 11.6. The van der Waals surface area contributed by atoms with E-state index in [-0.39, 0.29) is 12.2 Å². The molecule has 1 aromatic rings. The number of aliphatic hydroxyl groups is 1. The highest BCUT2D eigenvalue weighted by atomic mass is 79.9. The number of ketones is 1. The molecule has 1 N–H and O–H groups in total. The molecule has 0 radical (unpaired) electrons. The summed E-state index contributed by atoms with van der Waals surface area (Å²) in [6, 6.07) is 5.78. The summed E-state index contributed by atoms with van der Waals surface area (Å²) >= 11 is 3.41. The van der Waals surface area contributed by atoms with E-state index in [4.69, 9.17) is 0 Å². The third-order valence-electron chi connectivity index (χ3n) is 2.28. The van der Waals surface area contributed by atoms with Crippen LogP contribution in [0.15, 0.2) is 22.7 Å². The summed E-state index contributed by atoms with van der Waals surface area (Å²) in [6.45, 7) is 5.02. The third-order valence-corrected chi connectivity index (χ3v) is 3.14. The largest absolute Gasteiger partial charge is 0.383 e. The van der Waals surface area contributed by atoms with Crippen LogP contribution < -0.4 is 0 Å². The number of rotatable bonds is 3. The first-order chi connectivity index (χ1) is 6.80. The first-order valence-electron chi connectivity index (χ1n) is 4.81. The molecular weight excluding hydrogens is 256 g/mol. The highest BCUT2D eigenvalue weighted by Gasteiger charge is 2.23. The maximum Gasteiger partial charge on any atom is 0.168 e. The molecule has 0 bridgehead atoms. The Hall–Kier alpha value is -0.670. The molecule has 3 heteroatoms. The quantitative estimate of drug-likeness (QED) is 0.917. The summed E-state index contributed by atoms with van der Waals surface area (Å²) in [5.41, 5.74) is 0.797. The molecule has 82 valence electrons. The number of aryl methyl sites for hydroxylation is 1. The molecule has 0 aliphatic carbocycles. The fourth-order valence-corrected chi connectivity index (χ4v) is 1.57. The van der Waals surface area contributed by atoms with Crippen molar-refractivity contribution < 1.29 is 9.90 Å². The van der Waals surface area contributed by atoms with Gasteiger partial charge in [-0.15, -0.1) is 0 Å². The molecule has 0 saturated heterocycles. The molecule has 0 heterocycles. The molecule has 0 atom stereocenters. The Balaban J connectivity index is 2.83. The lowest BCUT2D eigenvalue weighted by Crippen LogP contribution is -2.32. The van der Waals surface area contributed by atoms with Crippen LogP contribution in [-0.4, -0.2) is 16.5 Å². The predicted molar refractivity (Wildman–Crippen MR) is 63.9 cm³/mol. The van der Waals surface area contributed by atoms with Crippen molar-refractivity contribution in [1.29, 1.82) is 0 Å². The molecule has 0 aliphatic rings. The van der Waals surface area contributed by atoms with Gasteiger partial charge in [0.2, 0.25) is 0 Å². The zero-order valence-corrected chi connectivity index (χ0v) is 10.8. The second-order valence-electron chi connectivity index (χ2n) is 4.24. The number of carbonyl (C=O) groups is 1. The predicted octanol–water partition coefficient (Wildman–Crippen LogP) is 2.64. The number of hydrogen-bond donors (Lipinski definition) is 1. The van der Waals surface area contributed by atoms with Crippen molar-refractivity contribution >= 4 is 21.7 Å². The van der Waals surface area contributed by atoms with Gasteiger partial charge < -0.3 is 5.11 Å². The molecular formula is C12H15BrO2. The monoisotopic (exact) mass is 270 g/mol. The van der Waals surface area contributed by atoms with Gasteiger partial charge in [0, 0.05) is 10.9 Å². The first kappa shape index (κ1) is 12.4. The van der Waals surface area contributed by atoms with E-state index in [1.807, 2.05) is 25.1 Å². The molecule has 2 nitrogen and oxygen atoms in total. The van der Waals surface area contributed by atoms with Crippen LogP contribution in [0, 0.1) is 6.92 Å². The van der Waals surface area contributed by atoms with E-state index >= 15 is 0 Å². The van der Waals surface area contributed by atoms with Gasteiger partial charge in [0.05, 0.1) is 0 Å². The van der Waals surface area contributed by atoms with Crippen LogP contribution >= 0.6 is 15.9 Å². The molecule has 0 aliphatic heterocycles. The Labute approximate surface area is 98.4 Å². The van der Waals surface area contributed by atoms with Gasteiger partial charge in [-0.1, -0.05) is 28.1 Å². The summed E-state index contributed by atoms with van der Waals surface area (Å²) in [6.07, 6.45) is 0.266. The third kappa shape index (κ3) is 3.43. The summed E-state index contributed by atoms with van der Waals surface area (Å²) < 4.78 is 0.989. The van der Waals surface area contributed by atoms with Crippen molar-refractivity contribution in [2.45, 2.75) is 32.8 Å². The molecule has 0 spiro atoms. The van der Waals surface area contributed by atoms with Crippen LogP contribution in [0.25, 0.3) is 0 Å². The normalized spacial score (nSPS) is 11.5. The van der Waals surface area contributed by atoms with E-state index in [1.165, 1.54) is 13.8 Å². The minimum absolute atomic E-state index is 0.168. The number of hydrogen-bond acceptors (Lipinski definition) is 2. The van der Waals surface area contributed by atoms with Crippen molar-refractivity contribution in [3.63, 3.8) is 0 Å². The molecule has 0 fully saturated rings. The van der Waals surface area contributed by atoms with Gasteiger partial charge in [0.15, 0.2) is 5.78 Å². The Bertz CT molecular complexity index is 378. The van der Waals surface area contributed by atoms with E-state index in [2.05, 4.69) is 15.9 Å². The molecule has 0 saturated carbocycles. The zero-order valence-electron chi connectivity index (χ0n) is 9.17. The second-order valence-corrected chi connectivity index (χ2v) is 5.10. The molecule has 15 heavy (non-hydrogen) atoms. The number of halogens is 1. The van der Waals surface area contributed by atoms with Gasteiger partial charge >= 0.3 is 0 Å². The van der Waals surface area contributed by atoms with Crippen LogP contribution in [0.3, 0.4) is 0 Å². The minimum atomic E-state index is -1.25.